The average molecular weight is 346 g/mol. The number of methoxy groups -OCH3 is 3. The molecule has 0 unspecified atom stereocenters. The summed E-state index contributed by atoms with van der Waals surface area (Å²) in [5.74, 6) is 1.47. The number of carbonyl (C=O) groups excluding carboxylic acids is 1. The van der Waals surface area contributed by atoms with Crippen molar-refractivity contribution in [2.75, 3.05) is 21.3 Å². The number of ether oxygens (including phenoxy) is 3. The Bertz CT molecular complexity index is 768. The van der Waals surface area contributed by atoms with Crippen LogP contribution in [-0.2, 0) is 0 Å². The van der Waals surface area contributed by atoms with E-state index in [1.165, 1.54) is 20.4 Å². The van der Waals surface area contributed by atoms with Gasteiger partial charge in [0.2, 0.25) is 0 Å². The molecule has 2 aromatic rings. The molecule has 0 aliphatic rings. The zero-order valence-electron chi connectivity index (χ0n) is 14.9. The normalized spacial score (nSPS) is 11.0. The molecule has 0 radical (unpaired) electrons. The fourth-order valence-electron chi connectivity index (χ4n) is 2.12. The maximum absolute atomic E-state index is 12.1. The summed E-state index contributed by atoms with van der Waals surface area (Å²) in [6, 6.07) is 5.09. The van der Waals surface area contributed by atoms with Gasteiger partial charge in [-0.05, 0) is 18.1 Å². The lowest BCUT2D eigenvalue weighted by Crippen LogP contribution is -2.18. The van der Waals surface area contributed by atoms with Crippen molar-refractivity contribution in [3.05, 3.63) is 35.2 Å². The first kappa shape index (κ1) is 18.3. The summed E-state index contributed by atoms with van der Waals surface area (Å²) < 4.78 is 15.8. The molecule has 1 aromatic heterocycles. The Morgan fingerprint density at radius 3 is 2.32 bits per heavy atom. The van der Waals surface area contributed by atoms with Gasteiger partial charge in [0, 0.05) is 17.3 Å². The average Bonchev–Trinajstić information content (AvgIpc) is 3.11. The molecule has 1 heterocycles. The molecule has 0 bridgehead atoms. The lowest BCUT2D eigenvalue weighted by atomic mass is 10.1. The second-order valence-electron chi connectivity index (χ2n) is 5.51. The number of hydrazone groups is 1. The molecule has 0 atom stereocenters. The molecular weight excluding hydrogens is 324 g/mol. The predicted octanol–water partition coefficient (Wildman–Crippen LogP) is 2.32. The van der Waals surface area contributed by atoms with Crippen molar-refractivity contribution in [1.29, 1.82) is 0 Å². The quantitative estimate of drug-likeness (QED) is 0.592. The molecule has 1 aromatic carbocycles. The van der Waals surface area contributed by atoms with Crippen LogP contribution in [0.5, 0.6) is 17.2 Å². The summed E-state index contributed by atoms with van der Waals surface area (Å²) in [5.41, 5.74) is 4.23. The van der Waals surface area contributed by atoms with Crippen molar-refractivity contribution in [3.8, 4) is 17.2 Å². The first-order valence-corrected chi connectivity index (χ1v) is 7.68. The van der Waals surface area contributed by atoms with Crippen LogP contribution in [0.15, 0.2) is 23.3 Å². The Hall–Kier alpha value is -3.03. The predicted molar refractivity (Wildman–Crippen MR) is 93.8 cm³/mol. The van der Waals surface area contributed by atoms with Crippen LogP contribution >= 0.6 is 0 Å². The van der Waals surface area contributed by atoms with Crippen molar-refractivity contribution in [3.63, 3.8) is 0 Å². The minimum absolute atomic E-state index is 0.258. The Kier molecular flexibility index (Phi) is 5.99. The third-order valence-electron chi connectivity index (χ3n) is 3.56. The van der Waals surface area contributed by atoms with Crippen molar-refractivity contribution < 1.29 is 19.0 Å². The molecule has 2 N–H and O–H groups in total. The van der Waals surface area contributed by atoms with Gasteiger partial charge in [-0.1, -0.05) is 13.8 Å². The molecule has 134 valence electrons. The van der Waals surface area contributed by atoms with Crippen LogP contribution in [0.1, 0.15) is 41.5 Å². The van der Waals surface area contributed by atoms with Crippen LogP contribution < -0.4 is 19.6 Å². The minimum atomic E-state index is -0.404. The topological polar surface area (TPSA) is 97.8 Å². The van der Waals surface area contributed by atoms with Gasteiger partial charge in [-0.2, -0.15) is 10.2 Å². The maximum Gasteiger partial charge on any atom is 0.291 e. The molecular formula is C17H22N4O4. The number of H-pyrrole nitrogens is 1. The lowest BCUT2D eigenvalue weighted by Gasteiger charge is -2.11. The van der Waals surface area contributed by atoms with Crippen LogP contribution in [0.3, 0.4) is 0 Å². The SMILES string of the molecule is COc1cc(OC)c(OC)cc1C=NNC(=O)c1cc(C(C)C)[nH]n1. The van der Waals surface area contributed by atoms with Crippen LogP contribution in [0.25, 0.3) is 0 Å². The van der Waals surface area contributed by atoms with Gasteiger partial charge in [0.25, 0.3) is 5.91 Å². The first-order chi connectivity index (χ1) is 12.0. The number of amides is 1. The van der Waals surface area contributed by atoms with E-state index in [0.29, 0.717) is 22.8 Å². The molecule has 0 saturated heterocycles. The smallest absolute Gasteiger partial charge is 0.291 e. The van der Waals surface area contributed by atoms with Gasteiger partial charge < -0.3 is 14.2 Å². The molecule has 8 heteroatoms. The van der Waals surface area contributed by atoms with Crippen molar-refractivity contribution >= 4 is 12.1 Å². The summed E-state index contributed by atoms with van der Waals surface area (Å²) in [6.07, 6.45) is 1.47. The summed E-state index contributed by atoms with van der Waals surface area (Å²) in [7, 11) is 4.62. The molecule has 25 heavy (non-hydrogen) atoms. The summed E-state index contributed by atoms with van der Waals surface area (Å²) in [4.78, 5) is 12.1. The van der Waals surface area contributed by atoms with Crippen molar-refractivity contribution in [1.82, 2.24) is 15.6 Å². The zero-order valence-corrected chi connectivity index (χ0v) is 14.9. The molecule has 0 aliphatic heterocycles. The standard InChI is InChI=1S/C17H22N4O4/c1-10(2)12-7-13(20-19-12)17(22)21-18-9-11-6-15(24-4)16(25-5)8-14(11)23-3/h6-10H,1-5H3,(H,19,20)(H,21,22). The molecule has 2 rings (SSSR count). The molecule has 0 fully saturated rings. The van der Waals surface area contributed by atoms with Gasteiger partial charge in [0.05, 0.1) is 27.5 Å². The van der Waals surface area contributed by atoms with Crippen LogP contribution in [0.4, 0.5) is 0 Å². The van der Waals surface area contributed by atoms with Gasteiger partial charge >= 0.3 is 0 Å². The van der Waals surface area contributed by atoms with E-state index in [4.69, 9.17) is 14.2 Å². The van der Waals surface area contributed by atoms with E-state index in [0.717, 1.165) is 5.69 Å². The van der Waals surface area contributed by atoms with Gasteiger partial charge in [0.1, 0.15) is 5.75 Å². The van der Waals surface area contributed by atoms with E-state index in [-0.39, 0.29) is 11.6 Å². The van der Waals surface area contributed by atoms with E-state index in [9.17, 15) is 4.79 Å². The second kappa shape index (κ2) is 8.18. The maximum atomic E-state index is 12.1. The van der Waals surface area contributed by atoms with Gasteiger partial charge in [0.15, 0.2) is 17.2 Å². The molecule has 0 aliphatic carbocycles. The fraction of sp³-hybridized carbons (Fsp3) is 0.353. The number of aromatic nitrogens is 2. The fourth-order valence-corrected chi connectivity index (χ4v) is 2.12. The Balaban J connectivity index is 2.14. The zero-order chi connectivity index (χ0) is 18.4. The summed E-state index contributed by atoms with van der Waals surface area (Å²) in [6.45, 7) is 4.02. The first-order valence-electron chi connectivity index (χ1n) is 7.68. The number of hydrogen-bond acceptors (Lipinski definition) is 6. The van der Waals surface area contributed by atoms with Crippen LogP contribution in [0, 0.1) is 0 Å². The van der Waals surface area contributed by atoms with Gasteiger partial charge in [-0.3, -0.25) is 9.89 Å². The second-order valence-corrected chi connectivity index (χ2v) is 5.51. The van der Waals surface area contributed by atoms with Crippen molar-refractivity contribution in [2.45, 2.75) is 19.8 Å². The van der Waals surface area contributed by atoms with Crippen molar-refractivity contribution in [2.24, 2.45) is 5.10 Å². The number of nitrogens with zero attached hydrogens (tertiary/aromatic N) is 2. The van der Waals surface area contributed by atoms with Crippen LogP contribution in [0.2, 0.25) is 0 Å². The summed E-state index contributed by atoms with van der Waals surface area (Å²) >= 11 is 0. The van der Waals surface area contributed by atoms with E-state index in [2.05, 4.69) is 20.7 Å². The van der Waals surface area contributed by atoms with Crippen LogP contribution in [-0.4, -0.2) is 43.6 Å². The molecule has 0 saturated carbocycles. The number of nitrogens with one attached hydrogen (secondary N) is 2. The highest BCUT2D eigenvalue weighted by Gasteiger charge is 2.12. The number of hydrogen-bond donors (Lipinski definition) is 2. The highest BCUT2D eigenvalue weighted by Crippen LogP contribution is 2.33. The Labute approximate surface area is 146 Å². The molecule has 1 amide bonds. The lowest BCUT2D eigenvalue weighted by molar-refractivity contribution is 0.0950. The number of aromatic amines is 1. The van der Waals surface area contributed by atoms with Gasteiger partial charge in [-0.15, -0.1) is 0 Å². The highest BCUT2D eigenvalue weighted by molar-refractivity contribution is 5.93. The van der Waals surface area contributed by atoms with Gasteiger partial charge in [-0.25, -0.2) is 5.43 Å². The monoisotopic (exact) mass is 346 g/mol. The van der Waals surface area contributed by atoms with E-state index >= 15 is 0 Å². The third-order valence-corrected chi connectivity index (χ3v) is 3.56. The van der Waals surface area contributed by atoms with E-state index in [1.54, 1.807) is 25.3 Å². The Morgan fingerprint density at radius 2 is 1.76 bits per heavy atom. The largest absolute Gasteiger partial charge is 0.496 e. The number of benzene rings is 1. The van der Waals surface area contributed by atoms with E-state index < -0.39 is 5.91 Å². The molecule has 8 nitrogen and oxygen atoms in total. The molecule has 0 spiro atoms. The minimum Gasteiger partial charge on any atom is -0.496 e. The highest BCUT2D eigenvalue weighted by atomic mass is 16.5. The third kappa shape index (κ3) is 4.28. The number of carbonyl (C=O) groups is 1. The number of rotatable bonds is 7. The summed E-state index contributed by atoms with van der Waals surface area (Å²) in [5, 5.41) is 10.8. The van der Waals surface area contributed by atoms with E-state index in [1.807, 2.05) is 13.8 Å². The Morgan fingerprint density at radius 1 is 1.12 bits per heavy atom.